The normalized spacial score (nSPS) is 20.3. The number of fused-ring (bicyclic) bond motifs is 1. The third kappa shape index (κ3) is 2.74. The van der Waals surface area contributed by atoms with Gasteiger partial charge >= 0.3 is 0 Å². The van der Waals surface area contributed by atoms with Gasteiger partial charge in [0.15, 0.2) is 0 Å². The zero-order chi connectivity index (χ0) is 19.1. The molecule has 3 amide bonds. The van der Waals surface area contributed by atoms with Gasteiger partial charge in [-0.15, -0.1) is 0 Å². The second-order valence-corrected chi connectivity index (χ2v) is 6.55. The third-order valence-electron chi connectivity index (χ3n) is 4.42. The van der Waals surface area contributed by atoms with Gasteiger partial charge in [0.25, 0.3) is 11.8 Å². The Balaban J connectivity index is 1.80. The molecule has 0 N–H and O–H groups in total. The third-order valence-corrected chi connectivity index (χ3v) is 4.77. The molecule has 2 heterocycles. The van der Waals surface area contributed by atoms with Crippen molar-refractivity contribution in [2.45, 2.75) is 13.0 Å². The van der Waals surface area contributed by atoms with Gasteiger partial charge in [0.1, 0.15) is 11.7 Å². The maximum atomic E-state index is 13.0. The molecule has 2 aliphatic heterocycles. The van der Waals surface area contributed by atoms with Crippen molar-refractivity contribution in [1.29, 1.82) is 0 Å². The molecule has 0 spiro atoms. The lowest BCUT2D eigenvalue weighted by Gasteiger charge is -2.19. The summed E-state index contributed by atoms with van der Waals surface area (Å²) in [5.41, 5.74) is 1.29. The van der Waals surface area contributed by atoms with Crippen LogP contribution >= 0.6 is 11.6 Å². The molecule has 0 aliphatic carbocycles. The summed E-state index contributed by atoms with van der Waals surface area (Å²) in [6, 6.07) is 14.9. The Labute approximate surface area is 160 Å². The number of halogens is 1. The number of nitrogens with zero attached hydrogens (tertiary/aromatic N) is 3. The van der Waals surface area contributed by atoms with E-state index in [9.17, 15) is 14.4 Å². The van der Waals surface area contributed by atoms with E-state index in [-0.39, 0.29) is 17.6 Å². The van der Waals surface area contributed by atoms with E-state index in [0.29, 0.717) is 16.1 Å². The Morgan fingerprint density at radius 1 is 1.07 bits per heavy atom. The van der Waals surface area contributed by atoms with Gasteiger partial charge in [0.2, 0.25) is 11.9 Å². The number of aliphatic imine (C=N–C) groups is 1. The fraction of sp³-hybridized carbons (Fsp3) is 0.100. The van der Waals surface area contributed by atoms with Crippen LogP contribution in [0.4, 0.5) is 0 Å². The Bertz CT molecular complexity index is 1030. The summed E-state index contributed by atoms with van der Waals surface area (Å²) in [5.74, 6) is -1.41. The number of amides is 3. The van der Waals surface area contributed by atoms with Crippen LogP contribution in [-0.2, 0) is 14.4 Å². The minimum Gasteiger partial charge on any atom is -0.275 e. The molecule has 4 rings (SSSR count). The molecule has 1 saturated heterocycles. The van der Waals surface area contributed by atoms with Crippen LogP contribution in [0.5, 0.6) is 0 Å². The minimum atomic E-state index is -0.895. The van der Waals surface area contributed by atoms with Gasteiger partial charge in [-0.3, -0.25) is 19.3 Å². The van der Waals surface area contributed by atoms with E-state index in [2.05, 4.69) is 4.99 Å². The lowest BCUT2D eigenvalue weighted by atomic mass is 10.1. The van der Waals surface area contributed by atoms with Crippen molar-refractivity contribution in [2.24, 2.45) is 4.99 Å². The molecular formula is C20H14ClN3O3. The van der Waals surface area contributed by atoms with Gasteiger partial charge in [-0.05, 0) is 23.3 Å². The van der Waals surface area contributed by atoms with Crippen LogP contribution in [0.15, 0.2) is 65.3 Å². The lowest BCUT2D eigenvalue weighted by molar-refractivity contribution is -0.138. The Kier molecular flexibility index (Phi) is 4.12. The van der Waals surface area contributed by atoms with Crippen LogP contribution in [0, 0.1) is 0 Å². The van der Waals surface area contributed by atoms with Crippen molar-refractivity contribution in [1.82, 2.24) is 9.80 Å². The largest absolute Gasteiger partial charge is 0.286 e. The monoisotopic (exact) mass is 379 g/mol. The topological polar surface area (TPSA) is 70.1 Å². The standard InChI is InChI=1S/C20H14ClN3O3/c1-12(25)23-17(13-7-3-2-4-8-13)19(27)24-18(26)16(22-20(23)24)11-14-9-5-6-10-15(14)21/h2-11,17H,1H3/b16-11+. The van der Waals surface area contributed by atoms with Gasteiger partial charge in [-0.25, -0.2) is 9.89 Å². The molecule has 0 saturated carbocycles. The van der Waals surface area contributed by atoms with E-state index in [1.165, 1.54) is 17.9 Å². The van der Waals surface area contributed by atoms with Gasteiger partial charge in [0.05, 0.1) is 0 Å². The summed E-state index contributed by atoms with van der Waals surface area (Å²) in [6.45, 7) is 1.34. The highest BCUT2D eigenvalue weighted by Gasteiger charge is 2.52. The Morgan fingerprint density at radius 3 is 2.41 bits per heavy atom. The van der Waals surface area contributed by atoms with E-state index in [4.69, 9.17) is 11.6 Å². The highest BCUT2D eigenvalue weighted by atomic mass is 35.5. The summed E-state index contributed by atoms with van der Waals surface area (Å²) in [7, 11) is 0. The minimum absolute atomic E-state index is 0.0321. The molecule has 0 radical (unpaired) electrons. The number of guanidine groups is 1. The molecule has 27 heavy (non-hydrogen) atoms. The Hall–Kier alpha value is -3.25. The number of rotatable bonds is 2. The van der Waals surface area contributed by atoms with Gasteiger partial charge < -0.3 is 0 Å². The van der Waals surface area contributed by atoms with Gasteiger partial charge in [0, 0.05) is 11.9 Å². The quantitative estimate of drug-likeness (QED) is 0.595. The highest BCUT2D eigenvalue weighted by Crippen LogP contribution is 2.36. The SMILES string of the molecule is CC(=O)N1C2=N/C(=C/c3ccccc3Cl)C(=O)N2C(=O)C1c1ccccc1. The number of imide groups is 1. The van der Waals surface area contributed by atoms with E-state index in [1.54, 1.807) is 48.5 Å². The van der Waals surface area contributed by atoms with Crippen molar-refractivity contribution in [3.05, 3.63) is 76.4 Å². The second kappa shape index (κ2) is 6.48. The highest BCUT2D eigenvalue weighted by molar-refractivity contribution is 6.33. The first-order valence-electron chi connectivity index (χ1n) is 8.27. The van der Waals surface area contributed by atoms with E-state index < -0.39 is 17.9 Å². The van der Waals surface area contributed by atoms with Crippen LogP contribution in [0.2, 0.25) is 5.02 Å². The van der Waals surface area contributed by atoms with Gasteiger partial charge in [-0.2, -0.15) is 0 Å². The first-order valence-corrected chi connectivity index (χ1v) is 8.65. The molecule has 6 nitrogen and oxygen atoms in total. The molecule has 7 heteroatoms. The van der Waals surface area contributed by atoms with Crippen LogP contribution in [-0.4, -0.2) is 33.5 Å². The zero-order valence-electron chi connectivity index (χ0n) is 14.3. The maximum absolute atomic E-state index is 13.0. The fourth-order valence-electron chi connectivity index (χ4n) is 3.20. The molecule has 134 valence electrons. The second-order valence-electron chi connectivity index (χ2n) is 6.14. The lowest BCUT2D eigenvalue weighted by Crippen LogP contribution is -2.36. The Morgan fingerprint density at radius 2 is 1.74 bits per heavy atom. The van der Waals surface area contributed by atoms with Crippen molar-refractivity contribution in [3.63, 3.8) is 0 Å². The average Bonchev–Trinajstić information content (AvgIpc) is 3.12. The molecule has 2 aromatic rings. The summed E-state index contributed by atoms with van der Waals surface area (Å²) < 4.78 is 0. The van der Waals surface area contributed by atoms with E-state index in [0.717, 1.165) is 4.90 Å². The molecule has 0 bridgehead atoms. The number of hydrogen-bond acceptors (Lipinski definition) is 4. The van der Waals surface area contributed by atoms with Crippen LogP contribution in [0.3, 0.4) is 0 Å². The summed E-state index contributed by atoms with van der Waals surface area (Å²) in [5, 5.41) is 0.460. The van der Waals surface area contributed by atoms with Crippen LogP contribution in [0.25, 0.3) is 6.08 Å². The van der Waals surface area contributed by atoms with E-state index in [1.807, 2.05) is 6.07 Å². The summed E-state index contributed by atoms with van der Waals surface area (Å²) in [4.78, 5) is 44.5. The zero-order valence-corrected chi connectivity index (χ0v) is 15.1. The molecule has 2 aromatic carbocycles. The molecule has 2 aliphatic rings. The summed E-state index contributed by atoms with van der Waals surface area (Å²) >= 11 is 6.13. The van der Waals surface area contributed by atoms with Crippen molar-refractivity contribution < 1.29 is 14.4 Å². The van der Waals surface area contributed by atoms with E-state index >= 15 is 0 Å². The molecular weight excluding hydrogens is 366 g/mol. The predicted octanol–water partition coefficient (Wildman–Crippen LogP) is 3.01. The number of carbonyl (C=O) groups excluding carboxylic acids is 3. The predicted molar refractivity (Wildman–Crippen MR) is 100 cm³/mol. The number of carbonyl (C=O) groups is 3. The van der Waals surface area contributed by atoms with Crippen LogP contribution < -0.4 is 0 Å². The number of hydrogen-bond donors (Lipinski definition) is 0. The molecule has 0 aromatic heterocycles. The first-order chi connectivity index (χ1) is 13.0. The van der Waals surface area contributed by atoms with Crippen LogP contribution in [0.1, 0.15) is 24.1 Å². The van der Waals surface area contributed by atoms with Gasteiger partial charge in [-0.1, -0.05) is 60.1 Å². The fourth-order valence-corrected chi connectivity index (χ4v) is 3.39. The number of benzene rings is 2. The molecule has 1 atom stereocenters. The maximum Gasteiger partial charge on any atom is 0.286 e. The summed E-state index contributed by atoms with van der Waals surface area (Å²) in [6.07, 6.45) is 1.51. The smallest absolute Gasteiger partial charge is 0.275 e. The molecule has 1 fully saturated rings. The van der Waals surface area contributed by atoms with Crippen molar-refractivity contribution >= 4 is 41.4 Å². The first kappa shape index (κ1) is 17.2. The average molecular weight is 380 g/mol. The van der Waals surface area contributed by atoms with Crippen molar-refractivity contribution in [3.8, 4) is 0 Å². The molecule has 1 unspecified atom stereocenters. The van der Waals surface area contributed by atoms with Crippen molar-refractivity contribution in [2.75, 3.05) is 0 Å².